The third kappa shape index (κ3) is 6.92. The molecule has 1 amide bonds. The Balaban J connectivity index is 0.00000300. The molecule has 156 valence electrons. The van der Waals surface area contributed by atoms with Crippen molar-refractivity contribution >= 4 is 35.8 Å². The largest absolute Gasteiger partial charge is 0.492 e. The van der Waals surface area contributed by atoms with Gasteiger partial charge in [-0.25, -0.2) is 0 Å². The third-order valence-electron chi connectivity index (χ3n) is 4.80. The SMILES string of the molecule is CN=C(NCCOc1ccc(C)cc1)NCC(=O)N1CCc2ccccc2C1.I. The van der Waals surface area contributed by atoms with Crippen molar-refractivity contribution in [3.8, 4) is 5.75 Å². The van der Waals surface area contributed by atoms with E-state index in [1.165, 1.54) is 16.7 Å². The van der Waals surface area contributed by atoms with Crippen LogP contribution in [0.4, 0.5) is 0 Å². The highest BCUT2D eigenvalue weighted by molar-refractivity contribution is 14.0. The molecule has 0 saturated carbocycles. The van der Waals surface area contributed by atoms with Crippen molar-refractivity contribution in [2.45, 2.75) is 19.9 Å². The number of hydrogen-bond donors (Lipinski definition) is 2. The van der Waals surface area contributed by atoms with Gasteiger partial charge in [0, 0.05) is 20.1 Å². The molecule has 0 atom stereocenters. The van der Waals surface area contributed by atoms with Gasteiger partial charge in [-0.15, -0.1) is 24.0 Å². The number of rotatable bonds is 6. The Morgan fingerprint density at radius 1 is 1.10 bits per heavy atom. The van der Waals surface area contributed by atoms with E-state index in [1.807, 2.05) is 42.2 Å². The van der Waals surface area contributed by atoms with Crippen LogP contribution in [0, 0.1) is 6.92 Å². The minimum atomic E-state index is 0. The summed E-state index contributed by atoms with van der Waals surface area (Å²) in [5.41, 5.74) is 3.78. The van der Waals surface area contributed by atoms with Gasteiger partial charge in [0.25, 0.3) is 0 Å². The van der Waals surface area contributed by atoms with E-state index in [9.17, 15) is 4.79 Å². The molecule has 0 aromatic heterocycles. The summed E-state index contributed by atoms with van der Waals surface area (Å²) in [4.78, 5) is 18.6. The first kappa shape index (κ1) is 23.0. The highest BCUT2D eigenvalue weighted by Crippen LogP contribution is 2.18. The molecule has 1 heterocycles. The van der Waals surface area contributed by atoms with Crippen LogP contribution in [0.2, 0.25) is 0 Å². The van der Waals surface area contributed by atoms with E-state index in [0.717, 1.165) is 18.7 Å². The zero-order valence-electron chi connectivity index (χ0n) is 17.0. The van der Waals surface area contributed by atoms with Crippen LogP contribution in [0.15, 0.2) is 53.5 Å². The monoisotopic (exact) mass is 508 g/mol. The average molecular weight is 508 g/mol. The van der Waals surface area contributed by atoms with E-state index in [-0.39, 0.29) is 36.4 Å². The van der Waals surface area contributed by atoms with Crippen molar-refractivity contribution in [2.75, 3.05) is 33.3 Å². The summed E-state index contributed by atoms with van der Waals surface area (Å²) < 4.78 is 5.69. The number of fused-ring (bicyclic) bond motifs is 1. The average Bonchev–Trinajstić information content (AvgIpc) is 2.74. The maximum Gasteiger partial charge on any atom is 0.242 e. The number of nitrogens with zero attached hydrogens (tertiary/aromatic N) is 2. The molecular weight excluding hydrogens is 479 g/mol. The van der Waals surface area contributed by atoms with Gasteiger partial charge in [0.2, 0.25) is 5.91 Å². The van der Waals surface area contributed by atoms with Gasteiger partial charge in [-0.05, 0) is 36.6 Å². The number of carbonyl (C=O) groups excluding carboxylic acids is 1. The fourth-order valence-electron chi connectivity index (χ4n) is 3.17. The van der Waals surface area contributed by atoms with Crippen LogP contribution in [-0.4, -0.2) is 50.1 Å². The van der Waals surface area contributed by atoms with Gasteiger partial charge in [0.05, 0.1) is 13.1 Å². The van der Waals surface area contributed by atoms with Crippen LogP contribution in [0.1, 0.15) is 16.7 Å². The number of aliphatic imine (C=N–C) groups is 1. The Labute approximate surface area is 189 Å². The highest BCUT2D eigenvalue weighted by atomic mass is 127. The lowest BCUT2D eigenvalue weighted by Gasteiger charge is -2.29. The van der Waals surface area contributed by atoms with Gasteiger partial charge in [-0.2, -0.15) is 0 Å². The van der Waals surface area contributed by atoms with Gasteiger partial charge in [0.1, 0.15) is 12.4 Å². The summed E-state index contributed by atoms with van der Waals surface area (Å²) in [6, 6.07) is 16.3. The zero-order valence-corrected chi connectivity index (χ0v) is 19.3. The second kappa shape index (κ2) is 11.6. The lowest BCUT2D eigenvalue weighted by Crippen LogP contribution is -2.46. The standard InChI is InChI=1S/C22H28N4O2.HI/c1-17-7-9-20(10-8-17)28-14-12-24-22(23-2)25-15-21(27)26-13-11-18-5-3-4-6-19(18)16-26;/h3-10H,11-16H2,1-2H3,(H2,23,24,25);1H. The fourth-order valence-corrected chi connectivity index (χ4v) is 3.17. The first-order valence-electron chi connectivity index (χ1n) is 9.64. The van der Waals surface area contributed by atoms with Crippen LogP contribution in [0.3, 0.4) is 0 Å². The van der Waals surface area contributed by atoms with E-state index in [4.69, 9.17) is 4.74 Å². The maximum absolute atomic E-state index is 12.5. The second-order valence-corrected chi connectivity index (χ2v) is 6.85. The molecule has 0 unspecified atom stereocenters. The minimum Gasteiger partial charge on any atom is -0.492 e. The minimum absolute atomic E-state index is 0. The highest BCUT2D eigenvalue weighted by Gasteiger charge is 2.20. The number of aryl methyl sites for hydroxylation is 1. The normalized spacial score (nSPS) is 13.2. The summed E-state index contributed by atoms with van der Waals surface area (Å²) in [6.07, 6.45) is 0.908. The molecule has 2 aromatic rings. The smallest absolute Gasteiger partial charge is 0.242 e. The molecule has 0 bridgehead atoms. The molecular formula is C22H29IN4O2. The first-order chi connectivity index (χ1) is 13.7. The summed E-state index contributed by atoms with van der Waals surface area (Å²) in [5.74, 6) is 1.52. The van der Waals surface area contributed by atoms with Crippen LogP contribution in [0.5, 0.6) is 5.75 Å². The molecule has 0 fully saturated rings. The van der Waals surface area contributed by atoms with E-state index >= 15 is 0 Å². The molecule has 1 aliphatic heterocycles. The number of ether oxygens (including phenoxy) is 1. The maximum atomic E-state index is 12.5. The number of amides is 1. The summed E-state index contributed by atoms with van der Waals surface area (Å²) >= 11 is 0. The summed E-state index contributed by atoms with van der Waals surface area (Å²) in [7, 11) is 1.69. The molecule has 29 heavy (non-hydrogen) atoms. The molecule has 2 aromatic carbocycles. The lowest BCUT2D eigenvalue weighted by atomic mass is 10.00. The molecule has 0 radical (unpaired) electrons. The molecule has 6 nitrogen and oxygen atoms in total. The Morgan fingerprint density at radius 3 is 2.55 bits per heavy atom. The number of carbonyl (C=O) groups is 1. The zero-order chi connectivity index (χ0) is 19.8. The van der Waals surface area contributed by atoms with Crippen LogP contribution < -0.4 is 15.4 Å². The van der Waals surface area contributed by atoms with Crippen molar-refractivity contribution < 1.29 is 9.53 Å². The van der Waals surface area contributed by atoms with Crippen molar-refractivity contribution in [1.82, 2.24) is 15.5 Å². The third-order valence-corrected chi connectivity index (χ3v) is 4.80. The molecule has 0 aliphatic carbocycles. The molecule has 1 aliphatic rings. The van der Waals surface area contributed by atoms with Crippen LogP contribution in [-0.2, 0) is 17.8 Å². The lowest BCUT2D eigenvalue weighted by molar-refractivity contribution is -0.130. The molecule has 0 spiro atoms. The topological polar surface area (TPSA) is 66.0 Å². The van der Waals surface area contributed by atoms with Crippen molar-refractivity contribution in [1.29, 1.82) is 0 Å². The van der Waals surface area contributed by atoms with E-state index in [1.54, 1.807) is 7.05 Å². The molecule has 2 N–H and O–H groups in total. The molecule has 0 saturated heterocycles. The van der Waals surface area contributed by atoms with E-state index < -0.39 is 0 Å². The van der Waals surface area contributed by atoms with Crippen molar-refractivity contribution in [3.63, 3.8) is 0 Å². The number of halogens is 1. The van der Waals surface area contributed by atoms with Crippen LogP contribution in [0.25, 0.3) is 0 Å². The Hall–Kier alpha value is -2.29. The number of nitrogens with one attached hydrogen (secondary N) is 2. The van der Waals surface area contributed by atoms with Gasteiger partial charge < -0.3 is 20.3 Å². The van der Waals surface area contributed by atoms with E-state index in [2.05, 4.69) is 33.8 Å². The first-order valence-corrected chi connectivity index (χ1v) is 9.64. The van der Waals surface area contributed by atoms with Gasteiger partial charge in [0.15, 0.2) is 5.96 Å². The second-order valence-electron chi connectivity index (χ2n) is 6.85. The number of guanidine groups is 1. The molecule has 3 rings (SSSR count). The predicted octanol–water partition coefficient (Wildman–Crippen LogP) is 2.74. The number of hydrogen-bond acceptors (Lipinski definition) is 3. The van der Waals surface area contributed by atoms with Gasteiger partial charge in [-0.3, -0.25) is 9.79 Å². The van der Waals surface area contributed by atoms with Crippen LogP contribution >= 0.6 is 24.0 Å². The Kier molecular flexibility index (Phi) is 9.24. The quantitative estimate of drug-likeness (QED) is 0.273. The summed E-state index contributed by atoms with van der Waals surface area (Å²) in [5, 5.41) is 6.26. The van der Waals surface area contributed by atoms with E-state index in [0.29, 0.717) is 25.7 Å². The Bertz CT molecular complexity index is 824. The van der Waals surface area contributed by atoms with Crippen molar-refractivity contribution in [3.05, 3.63) is 65.2 Å². The fraction of sp³-hybridized carbons (Fsp3) is 0.364. The predicted molar refractivity (Wildman–Crippen MR) is 127 cm³/mol. The molecule has 7 heteroatoms. The summed E-state index contributed by atoms with van der Waals surface area (Å²) in [6.45, 7) is 4.81. The Morgan fingerprint density at radius 2 is 1.83 bits per heavy atom. The van der Waals surface area contributed by atoms with Gasteiger partial charge in [-0.1, -0.05) is 42.0 Å². The van der Waals surface area contributed by atoms with Gasteiger partial charge >= 0.3 is 0 Å². The van der Waals surface area contributed by atoms with Crippen molar-refractivity contribution in [2.24, 2.45) is 4.99 Å². The number of benzene rings is 2.